The Kier molecular flexibility index (Phi) is 6.03. The summed E-state index contributed by atoms with van der Waals surface area (Å²) in [4.78, 5) is 26.3. The monoisotopic (exact) mass is 408 g/mol. The van der Waals surface area contributed by atoms with E-state index in [1.54, 1.807) is 26.8 Å². The van der Waals surface area contributed by atoms with E-state index < -0.39 is 23.7 Å². The Hall–Kier alpha value is -2.35. The number of benzene rings is 1. The smallest absolute Gasteiger partial charge is 0.408 e. The van der Waals surface area contributed by atoms with Crippen LogP contribution in [0.25, 0.3) is 0 Å². The summed E-state index contributed by atoms with van der Waals surface area (Å²) in [5, 5.41) is 2.60. The molecule has 7 nitrogen and oxygen atoms in total. The number of methoxy groups -OCH3 is 1. The number of piperidine rings is 1. The fraction of sp³-hybridized carbons (Fsp3) is 0.619. The van der Waals surface area contributed by atoms with Crippen molar-refractivity contribution in [3.8, 4) is 5.75 Å². The normalized spacial score (nSPS) is 19.2. The summed E-state index contributed by atoms with van der Waals surface area (Å²) in [6.07, 6.45) is 1.54. The first kappa shape index (κ1) is 21.4. The van der Waals surface area contributed by atoms with E-state index in [1.165, 1.54) is 19.2 Å². The van der Waals surface area contributed by atoms with Gasteiger partial charge in [-0.15, -0.1) is 0 Å². The molecule has 1 saturated heterocycles. The zero-order chi connectivity index (χ0) is 21.2. The second-order valence-electron chi connectivity index (χ2n) is 8.74. The summed E-state index contributed by atoms with van der Waals surface area (Å²) in [6, 6.07) is 3.81. The predicted octanol–water partition coefficient (Wildman–Crippen LogP) is 2.66. The number of likely N-dealkylation sites (tertiary alicyclic amines) is 1. The van der Waals surface area contributed by atoms with Crippen LogP contribution in [0.3, 0.4) is 0 Å². The molecule has 3 rings (SSSR count). The average Bonchev–Trinajstić information content (AvgIpc) is 2.97. The van der Waals surface area contributed by atoms with Crippen molar-refractivity contribution in [2.75, 3.05) is 26.7 Å². The van der Waals surface area contributed by atoms with Crippen LogP contribution in [0.2, 0.25) is 0 Å². The molecular formula is C21H29FN2O5. The maximum Gasteiger partial charge on any atom is 0.408 e. The molecule has 1 aromatic rings. The molecule has 0 unspecified atom stereocenters. The minimum absolute atomic E-state index is 0.254. The van der Waals surface area contributed by atoms with E-state index in [2.05, 4.69) is 10.2 Å². The molecule has 2 aliphatic heterocycles. The standard InChI is InChI=1S/C21H29FN2O5/c1-20(2,3)29-19(26)23-16(18(25)27-4)13-24-9-7-21(8-10-24)12-14-11-15(22)5-6-17(14)28-21/h5-6,11,16H,7-10,12-13H2,1-4H3,(H,23,26)/t16-/m0/s1. The Morgan fingerprint density at radius 1 is 1.31 bits per heavy atom. The molecule has 8 heteroatoms. The molecule has 160 valence electrons. The summed E-state index contributed by atoms with van der Waals surface area (Å²) in [5.74, 6) is -0.0222. The molecule has 2 aliphatic rings. The van der Waals surface area contributed by atoms with Crippen LogP contribution in [0.15, 0.2) is 18.2 Å². The number of alkyl carbamates (subject to hydrolysis) is 1. The molecule has 1 spiro atoms. The van der Waals surface area contributed by atoms with Crippen LogP contribution in [0.4, 0.5) is 9.18 Å². The summed E-state index contributed by atoms with van der Waals surface area (Å²) in [7, 11) is 1.29. The zero-order valence-electron chi connectivity index (χ0n) is 17.4. The van der Waals surface area contributed by atoms with Gasteiger partial charge in [0, 0.05) is 44.5 Å². The van der Waals surface area contributed by atoms with Crippen LogP contribution in [-0.2, 0) is 20.7 Å². The number of halogens is 1. The summed E-state index contributed by atoms with van der Waals surface area (Å²) in [5.41, 5.74) is -0.0832. The largest absolute Gasteiger partial charge is 0.487 e. The molecule has 1 N–H and O–H groups in total. The lowest BCUT2D eigenvalue weighted by Gasteiger charge is -2.39. The van der Waals surface area contributed by atoms with Crippen molar-refractivity contribution in [1.29, 1.82) is 0 Å². The molecule has 1 aromatic carbocycles. The number of hydrogen-bond acceptors (Lipinski definition) is 6. The third kappa shape index (κ3) is 5.38. The lowest BCUT2D eigenvalue weighted by Crippen LogP contribution is -2.54. The molecule has 0 aliphatic carbocycles. The highest BCUT2D eigenvalue weighted by molar-refractivity contribution is 5.81. The highest BCUT2D eigenvalue weighted by Gasteiger charge is 2.42. The number of nitrogens with zero attached hydrogens (tertiary/aromatic N) is 1. The van der Waals surface area contributed by atoms with Gasteiger partial charge < -0.3 is 24.4 Å². The second-order valence-corrected chi connectivity index (χ2v) is 8.74. The number of nitrogens with one attached hydrogen (secondary N) is 1. The Morgan fingerprint density at radius 3 is 2.62 bits per heavy atom. The third-order valence-corrected chi connectivity index (χ3v) is 5.25. The quantitative estimate of drug-likeness (QED) is 0.772. The number of carbonyl (C=O) groups is 2. The van der Waals surface area contributed by atoms with Gasteiger partial charge in [0.15, 0.2) is 0 Å². The van der Waals surface area contributed by atoms with Crippen LogP contribution >= 0.6 is 0 Å². The van der Waals surface area contributed by atoms with Gasteiger partial charge in [-0.1, -0.05) is 0 Å². The topological polar surface area (TPSA) is 77.1 Å². The molecular weight excluding hydrogens is 379 g/mol. The van der Waals surface area contributed by atoms with E-state index in [9.17, 15) is 14.0 Å². The number of carbonyl (C=O) groups excluding carboxylic acids is 2. The van der Waals surface area contributed by atoms with E-state index in [1.807, 2.05) is 0 Å². The summed E-state index contributed by atoms with van der Waals surface area (Å²) in [6.45, 7) is 6.99. The predicted molar refractivity (Wildman–Crippen MR) is 104 cm³/mol. The van der Waals surface area contributed by atoms with Gasteiger partial charge >= 0.3 is 12.1 Å². The molecule has 0 saturated carbocycles. The van der Waals surface area contributed by atoms with E-state index in [0.29, 0.717) is 26.1 Å². The Morgan fingerprint density at radius 2 is 2.00 bits per heavy atom. The second kappa shape index (κ2) is 8.18. The number of esters is 1. The van der Waals surface area contributed by atoms with Crippen molar-refractivity contribution in [2.24, 2.45) is 0 Å². The molecule has 2 heterocycles. The van der Waals surface area contributed by atoms with Crippen molar-refractivity contribution < 1.29 is 28.2 Å². The fourth-order valence-electron chi connectivity index (χ4n) is 3.85. The molecule has 0 bridgehead atoms. The number of fused-ring (bicyclic) bond motifs is 1. The van der Waals surface area contributed by atoms with E-state index in [-0.39, 0.29) is 11.4 Å². The highest BCUT2D eigenvalue weighted by atomic mass is 19.1. The van der Waals surface area contributed by atoms with Gasteiger partial charge in [0.1, 0.15) is 28.8 Å². The Labute approximate surface area is 170 Å². The Bertz CT molecular complexity index is 769. The molecule has 1 atom stereocenters. The molecule has 29 heavy (non-hydrogen) atoms. The van der Waals surface area contributed by atoms with Crippen molar-refractivity contribution in [2.45, 2.75) is 57.3 Å². The number of rotatable bonds is 4. The van der Waals surface area contributed by atoms with E-state index in [4.69, 9.17) is 14.2 Å². The molecule has 1 amide bonds. The van der Waals surface area contributed by atoms with Gasteiger partial charge in [-0.2, -0.15) is 0 Å². The lowest BCUT2D eigenvalue weighted by molar-refractivity contribution is -0.143. The molecule has 1 fully saturated rings. The molecule has 0 radical (unpaired) electrons. The van der Waals surface area contributed by atoms with Gasteiger partial charge in [0.25, 0.3) is 0 Å². The summed E-state index contributed by atoms with van der Waals surface area (Å²) < 4.78 is 29.7. The van der Waals surface area contributed by atoms with Crippen molar-refractivity contribution in [3.63, 3.8) is 0 Å². The lowest BCUT2D eigenvalue weighted by atomic mass is 9.87. The van der Waals surface area contributed by atoms with Crippen molar-refractivity contribution in [1.82, 2.24) is 10.2 Å². The van der Waals surface area contributed by atoms with Gasteiger partial charge in [-0.3, -0.25) is 0 Å². The first-order valence-electron chi connectivity index (χ1n) is 9.86. The fourth-order valence-corrected chi connectivity index (χ4v) is 3.85. The maximum atomic E-state index is 13.5. The molecule has 0 aromatic heterocycles. The first-order valence-corrected chi connectivity index (χ1v) is 9.86. The zero-order valence-corrected chi connectivity index (χ0v) is 17.4. The van der Waals surface area contributed by atoms with Gasteiger partial charge in [-0.25, -0.2) is 14.0 Å². The SMILES string of the molecule is COC(=O)[C@H](CN1CCC2(CC1)Cc1cc(F)ccc1O2)NC(=O)OC(C)(C)C. The number of amides is 1. The number of ether oxygens (including phenoxy) is 3. The minimum Gasteiger partial charge on any atom is -0.487 e. The van der Waals surface area contributed by atoms with Crippen LogP contribution < -0.4 is 10.1 Å². The average molecular weight is 408 g/mol. The van der Waals surface area contributed by atoms with Crippen molar-refractivity contribution in [3.05, 3.63) is 29.6 Å². The van der Waals surface area contributed by atoms with Crippen LogP contribution in [0, 0.1) is 5.82 Å². The van der Waals surface area contributed by atoms with Gasteiger partial charge in [0.2, 0.25) is 0 Å². The Balaban J connectivity index is 1.56. The van der Waals surface area contributed by atoms with Gasteiger partial charge in [-0.05, 0) is 39.0 Å². The van der Waals surface area contributed by atoms with Crippen LogP contribution in [0.5, 0.6) is 5.75 Å². The number of hydrogen-bond donors (Lipinski definition) is 1. The van der Waals surface area contributed by atoms with Crippen LogP contribution in [0.1, 0.15) is 39.2 Å². The highest BCUT2D eigenvalue weighted by Crippen LogP contribution is 2.41. The summed E-state index contributed by atoms with van der Waals surface area (Å²) >= 11 is 0. The van der Waals surface area contributed by atoms with Crippen molar-refractivity contribution >= 4 is 12.1 Å². The van der Waals surface area contributed by atoms with E-state index >= 15 is 0 Å². The third-order valence-electron chi connectivity index (χ3n) is 5.25. The first-order chi connectivity index (χ1) is 13.6. The maximum absolute atomic E-state index is 13.5. The van der Waals surface area contributed by atoms with Gasteiger partial charge in [0.05, 0.1) is 7.11 Å². The van der Waals surface area contributed by atoms with Crippen LogP contribution in [-0.4, -0.2) is 61.0 Å². The minimum atomic E-state index is -0.820. The van der Waals surface area contributed by atoms with E-state index in [0.717, 1.165) is 24.2 Å².